The van der Waals surface area contributed by atoms with Gasteiger partial charge in [-0.3, -0.25) is 4.99 Å². The van der Waals surface area contributed by atoms with E-state index in [4.69, 9.17) is 9.73 Å². The monoisotopic (exact) mass is 352 g/mol. The van der Waals surface area contributed by atoms with E-state index in [9.17, 15) is 10.1 Å². The van der Waals surface area contributed by atoms with Crippen molar-refractivity contribution in [2.45, 2.75) is 53.4 Å². The summed E-state index contributed by atoms with van der Waals surface area (Å²) in [5.41, 5.74) is 4.20. The number of allylic oxidation sites excluding steroid dienone is 1. The number of rotatable bonds is 4. The Hall–Kier alpha value is -2.41. The zero-order chi connectivity index (χ0) is 19.5. The number of methoxy groups -OCH3 is 1. The highest BCUT2D eigenvalue weighted by Gasteiger charge is 2.40. The third-order valence-corrected chi connectivity index (χ3v) is 4.62. The lowest BCUT2D eigenvalue weighted by molar-refractivity contribution is -0.136. The van der Waals surface area contributed by atoms with Gasteiger partial charge >= 0.3 is 5.97 Å². The van der Waals surface area contributed by atoms with Crippen molar-refractivity contribution in [3.05, 3.63) is 46.7 Å². The van der Waals surface area contributed by atoms with Crippen molar-refractivity contribution in [3.63, 3.8) is 0 Å². The first-order valence-corrected chi connectivity index (χ1v) is 9.06. The van der Waals surface area contributed by atoms with Crippen LogP contribution in [0, 0.1) is 29.6 Å². The van der Waals surface area contributed by atoms with E-state index in [1.165, 1.54) is 7.11 Å². The summed E-state index contributed by atoms with van der Waals surface area (Å²) in [6.45, 7) is 10.4. The molecule has 0 bridgehead atoms. The molecule has 0 saturated heterocycles. The molecule has 0 fully saturated rings. The molecule has 2 unspecified atom stereocenters. The van der Waals surface area contributed by atoms with Crippen LogP contribution in [0.3, 0.4) is 0 Å². The van der Waals surface area contributed by atoms with Gasteiger partial charge in [-0.25, -0.2) is 4.79 Å². The Morgan fingerprint density at radius 3 is 2.35 bits per heavy atom. The largest absolute Gasteiger partial charge is 0.466 e. The number of benzene rings is 1. The topological polar surface area (TPSA) is 62.5 Å². The number of aryl methyl sites for hydroxylation is 1. The number of hydrogen-bond acceptors (Lipinski definition) is 4. The summed E-state index contributed by atoms with van der Waals surface area (Å²) in [4.78, 5) is 17.3. The third kappa shape index (κ3) is 4.22. The van der Waals surface area contributed by atoms with Gasteiger partial charge < -0.3 is 4.74 Å². The van der Waals surface area contributed by atoms with Crippen LogP contribution in [-0.4, -0.2) is 18.8 Å². The highest BCUT2D eigenvalue weighted by Crippen LogP contribution is 2.42. The second-order valence-electron chi connectivity index (χ2n) is 8.04. The molecule has 1 aromatic rings. The number of ether oxygens (including phenoxy) is 1. The number of hydrogen-bond donors (Lipinski definition) is 0. The summed E-state index contributed by atoms with van der Waals surface area (Å²) in [7, 11) is 1.38. The number of nitriles is 1. The first-order chi connectivity index (χ1) is 12.2. The smallest absolute Gasteiger partial charge is 0.336 e. The van der Waals surface area contributed by atoms with E-state index in [0.29, 0.717) is 18.4 Å². The second kappa shape index (κ2) is 7.86. The Bertz CT molecular complexity index is 774. The lowest BCUT2D eigenvalue weighted by atomic mass is 9.72. The Labute approximate surface area is 156 Å². The fourth-order valence-electron chi connectivity index (χ4n) is 3.44. The predicted octanol–water partition coefficient (Wildman–Crippen LogP) is 4.95. The summed E-state index contributed by atoms with van der Waals surface area (Å²) in [5.74, 6) is -1.22. The summed E-state index contributed by atoms with van der Waals surface area (Å²) in [6.07, 6.45) is 1.34. The van der Waals surface area contributed by atoms with Gasteiger partial charge in [0.25, 0.3) is 0 Å². The molecule has 0 aliphatic carbocycles. The lowest BCUT2D eigenvalue weighted by Gasteiger charge is -2.33. The minimum atomic E-state index is -0.471. The fourth-order valence-corrected chi connectivity index (χ4v) is 3.44. The van der Waals surface area contributed by atoms with E-state index in [1.54, 1.807) is 0 Å². The molecule has 0 spiro atoms. The fraction of sp³-hybridized carbons (Fsp3) is 0.500. The van der Waals surface area contributed by atoms with Crippen molar-refractivity contribution in [3.8, 4) is 6.07 Å². The van der Waals surface area contributed by atoms with Gasteiger partial charge in [-0.2, -0.15) is 5.26 Å². The molecular weight excluding hydrogens is 324 g/mol. The Morgan fingerprint density at radius 1 is 1.27 bits per heavy atom. The molecule has 0 N–H and O–H groups in total. The second-order valence-corrected chi connectivity index (χ2v) is 8.04. The number of esters is 1. The zero-order valence-electron chi connectivity index (χ0n) is 16.6. The van der Waals surface area contributed by atoms with Crippen molar-refractivity contribution >= 4 is 11.7 Å². The number of carbonyl (C=O) groups excluding carboxylic acids is 1. The maximum atomic E-state index is 12.6. The Balaban J connectivity index is 2.68. The van der Waals surface area contributed by atoms with Gasteiger partial charge in [0.1, 0.15) is 0 Å². The van der Waals surface area contributed by atoms with Crippen LogP contribution < -0.4 is 0 Å². The first-order valence-electron chi connectivity index (χ1n) is 9.06. The van der Waals surface area contributed by atoms with Crippen molar-refractivity contribution in [2.75, 3.05) is 7.11 Å². The summed E-state index contributed by atoms with van der Waals surface area (Å²) >= 11 is 0. The van der Waals surface area contributed by atoms with Crippen LogP contribution >= 0.6 is 0 Å². The van der Waals surface area contributed by atoms with Gasteiger partial charge in [-0.05, 0) is 30.7 Å². The molecule has 1 aliphatic heterocycles. The van der Waals surface area contributed by atoms with Gasteiger partial charge in [0.05, 0.1) is 30.4 Å². The zero-order valence-corrected chi connectivity index (χ0v) is 16.6. The third-order valence-electron chi connectivity index (χ3n) is 4.62. The molecule has 4 heteroatoms. The number of carbonyl (C=O) groups is 1. The van der Waals surface area contributed by atoms with Crippen LogP contribution in [0.25, 0.3) is 0 Å². The van der Waals surface area contributed by atoms with Crippen LogP contribution in [0.4, 0.5) is 0 Å². The van der Waals surface area contributed by atoms with Crippen LogP contribution in [0.1, 0.15) is 57.6 Å². The molecule has 2 rings (SSSR count). The van der Waals surface area contributed by atoms with Crippen molar-refractivity contribution in [1.29, 1.82) is 5.26 Å². The van der Waals surface area contributed by atoms with E-state index in [2.05, 4.69) is 26.8 Å². The minimum absolute atomic E-state index is 0.00732. The average Bonchev–Trinajstić information content (AvgIpc) is 2.59. The van der Waals surface area contributed by atoms with E-state index in [-0.39, 0.29) is 11.3 Å². The molecule has 1 aromatic carbocycles. The average molecular weight is 352 g/mol. The Kier molecular flexibility index (Phi) is 6.02. The van der Waals surface area contributed by atoms with Crippen molar-refractivity contribution < 1.29 is 9.53 Å². The molecule has 1 heterocycles. The quantitative estimate of drug-likeness (QED) is 0.721. The normalized spacial score (nSPS) is 20.4. The summed E-state index contributed by atoms with van der Waals surface area (Å²) in [5, 5.41) is 9.97. The molecule has 2 atom stereocenters. The minimum Gasteiger partial charge on any atom is -0.466 e. The molecule has 0 saturated carbocycles. The number of nitrogens with zero attached hydrogens (tertiary/aromatic N) is 2. The highest BCUT2D eigenvalue weighted by molar-refractivity contribution is 5.99. The van der Waals surface area contributed by atoms with Gasteiger partial charge in [-0.1, -0.05) is 57.5 Å². The summed E-state index contributed by atoms with van der Waals surface area (Å²) < 4.78 is 5.05. The van der Waals surface area contributed by atoms with Crippen molar-refractivity contribution in [2.24, 2.45) is 16.3 Å². The Morgan fingerprint density at radius 2 is 1.88 bits per heavy atom. The molecule has 1 aliphatic rings. The molecule has 0 aromatic heterocycles. The maximum Gasteiger partial charge on any atom is 0.336 e. The first kappa shape index (κ1) is 19.9. The van der Waals surface area contributed by atoms with E-state index in [1.807, 2.05) is 38.1 Å². The van der Waals surface area contributed by atoms with E-state index < -0.39 is 11.9 Å². The van der Waals surface area contributed by atoms with Gasteiger partial charge in [0.15, 0.2) is 0 Å². The standard InChI is InChI=1S/C22H28N2O2/c1-7-17-20(21(25)26-6)19(15-10-8-14(2)9-11-15)16(13-23)18(24-17)12-22(3,4)5/h8-11,16,19H,7,12H2,1-6H3. The number of aliphatic imine (C=N–C) groups is 1. The molecule has 0 amide bonds. The van der Waals surface area contributed by atoms with Gasteiger partial charge in [0.2, 0.25) is 0 Å². The van der Waals surface area contributed by atoms with Crippen LogP contribution in [-0.2, 0) is 9.53 Å². The highest BCUT2D eigenvalue weighted by atomic mass is 16.5. The van der Waals surface area contributed by atoms with E-state index >= 15 is 0 Å². The van der Waals surface area contributed by atoms with Gasteiger partial charge in [-0.15, -0.1) is 0 Å². The predicted molar refractivity (Wildman–Crippen MR) is 104 cm³/mol. The van der Waals surface area contributed by atoms with Crippen LogP contribution in [0.2, 0.25) is 0 Å². The van der Waals surface area contributed by atoms with Crippen LogP contribution in [0.15, 0.2) is 40.5 Å². The molecule has 26 heavy (non-hydrogen) atoms. The molecule has 0 radical (unpaired) electrons. The van der Waals surface area contributed by atoms with Crippen molar-refractivity contribution in [1.82, 2.24) is 0 Å². The molecular formula is C22H28N2O2. The maximum absolute atomic E-state index is 12.6. The molecule has 4 nitrogen and oxygen atoms in total. The lowest BCUT2D eigenvalue weighted by Crippen LogP contribution is -2.32. The SMILES string of the molecule is CCC1=C(C(=O)OC)C(c2ccc(C)cc2)C(C#N)C(CC(C)(C)C)=N1. The van der Waals surface area contributed by atoms with E-state index in [0.717, 1.165) is 22.5 Å². The van der Waals surface area contributed by atoms with Gasteiger partial charge in [0, 0.05) is 11.6 Å². The van der Waals surface area contributed by atoms with Crippen LogP contribution in [0.5, 0.6) is 0 Å². The molecule has 138 valence electrons. The summed E-state index contributed by atoms with van der Waals surface area (Å²) in [6, 6.07) is 10.4.